The lowest BCUT2D eigenvalue weighted by Crippen LogP contribution is -2.40. The summed E-state index contributed by atoms with van der Waals surface area (Å²) >= 11 is 6.50. The van der Waals surface area contributed by atoms with Crippen molar-refractivity contribution in [2.75, 3.05) is 5.32 Å². The number of nitrogens with zero attached hydrogens (tertiary/aromatic N) is 2. The van der Waals surface area contributed by atoms with E-state index in [-0.39, 0.29) is 29.2 Å². The molecule has 1 fully saturated rings. The molecule has 0 saturated heterocycles. The molecule has 0 radical (unpaired) electrons. The van der Waals surface area contributed by atoms with Crippen molar-refractivity contribution in [3.05, 3.63) is 34.6 Å². The van der Waals surface area contributed by atoms with Crippen LogP contribution in [0.3, 0.4) is 0 Å². The molecule has 1 aliphatic heterocycles. The zero-order valence-electron chi connectivity index (χ0n) is 19.2. The summed E-state index contributed by atoms with van der Waals surface area (Å²) in [6.07, 6.45) is 5.39. The van der Waals surface area contributed by atoms with Gasteiger partial charge in [-0.15, -0.1) is 0 Å². The molecule has 2 unspecified atom stereocenters. The van der Waals surface area contributed by atoms with Gasteiger partial charge < -0.3 is 20.9 Å². The minimum atomic E-state index is -0.465. The number of anilines is 1. The van der Waals surface area contributed by atoms with Crippen molar-refractivity contribution in [3.8, 4) is 11.3 Å². The molecule has 176 valence electrons. The van der Waals surface area contributed by atoms with Gasteiger partial charge in [0, 0.05) is 42.9 Å². The fraction of sp³-hybridized carbons (Fsp3) is 0.500. The van der Waals surface area contributed by atoms with Gasteiger partial charge in [-0.25, -0.2) is 4.98 Å². The van der Waals surface area contributed by atoms with Gasteiger partial charge in [-0.2, -0.15) is 0 Å². The molecule has 2 atom stereocenters. The first-order chi connectivity index (χ1) is 15.5. The van der Waals surface area contributed by atoms with Crippen molar-refractivity contribution in [1.29, 1.82) is 0 Å². The van der Waals surface area contributed by atoms with Crippen LogP contribution in [-0.4, -0.2) is 33.3 Å². The minimum absolute atomic E-state index is 0.00245. The van der Waals surface area contributed by atoms with Gasteiger partial charge in [-0.3, -0.25) is 14.4 Å². The normalized spacial score (nSPS) is 21.3. The maximum atomic E-state index is 12.9. The highest BCUT2D eigenvalue weighted by Gasteiger charge is 2.34. The predicted molar refractivity (Wildman–Crippen MR) is 127 cm³/mol. The van der Waals surface area contributed by atoms with Crippen LogP contribution >= 0.6 is 11.6 Å². The van der Waals surface area contributed by atoms with Crippen molar-refractivity contribution < 1.29 is 14.4 Å². The Morgan fingerprint density at radius 1 is 1.24 bits per heavy atom. The Labute approximate surface area is 198 Å². The molecule has 2 aromatic rings. The second-order valence-corrected chi connectivity index (χ2v) is 10.4. The molecule has 8 nitrogen and oxygen atoms in total. The van der Waals surface area contributed by atoms with Crippen LogP contribution in [0.5, 0.6) is 0 Å². The topological polar surface area (TPSA) is 119 Å². The molecule has 4 N–H and O–H groups in total. The molecule has 4 rings (SSSR count). The Morgan fingerprint density at radius 2 is 2.00 bits per heavy atom. The van der Waals surface area contributed by atoms with E-state index in [2.05, 4.69) is 34.0 Å². The summed E-state index contributed by atoms with van der Waals surface area (Å²) in [5, 5.41) is 6.26. The number of nitrogens with two attached hydrogens (primary N) is 1. The molecule has 2 aromatic heterocycles. The lowest BCUT2D eigenvalue weighted by molar-refractivity contribution is -0.123. The number of primary amides is 1. The number of aromatic nitrogens is 2. The van der Waals surface area contributed by atoms with Crippen molar-refractivity contribution in [3.63, 3.8) is 0 Å². The van der Waals surface area contributed by atoms with Gasteiger partial charge in [-0.1, -0.05) is 31.9 Å². The van der Waals surface area contributed by atoms with E-state index < -0.39 is 5.91 Å². The number of rotatable bonds is 5. The standard InChI is InChI=1S/C24H30ClN5O3/c1-13(31)28-15-6-4-5-14(7-15)23(33)29-21-9-16(18(25)11-27-21)19-8-17(22(26)32)20-10-24(2,3)12-30(19)20/h8-9,11,14-15H,4-7,10,12H2,1-3H3,(H2,26,32)(H,28,31)(H,27,29,33). The van der Waals surface area contributed by atoms with Gasteiger partial charge in [-0.05, 0) is 43.2 Å². The van der Waals surface area contributed by atoms with Crippen LogP contribution in [0.1, 0.15) is 62.5 Å². The van der Waals surface area contributed by atoms with Gasteiger partial charge >= 0.3 is 0 Å². The molecule has 1 saturated carbocycles. The van der Waals surface area contributed by atoms with Gasteiger partial charge in [0.1, 0.15) is 5.82 Å². The van der Waals surface area contributed by atoms with E-state index in [4.69, 9.17) is 17.3 Å². The van der Waals surface area contributed by atoms with E-state index in [0.29, 0.717) is 28.4 Å². The van der Waals surface area contributed by atoms with Crippen molar-refractivity contribution in [2.24, 2.45) is 17.1 Å². The van der Waals surface area contributed by atoms with E-state index in [0.717, 1.165) is 43.6 Å². The predicted octanol–water partition coefficient (Wildman–Crippen LogP) is 3.52. The molecular formula is C24H30ClN5O3. The fourth-order valence-electron chi connectivity index (χ4n) is 5.11. The molecule has 33 heavy (non-hydrogen) atoms. The van der Waals surface area contributed by atoms with Gasteiger partial charge in [0.15, 0.2) is 0 Å². The first kappa shape index (κ1) is 23.3. The highest BCUT2D eigenvalue weighted by Crippen LogP contribution is 2.41. The second-order valence-electron chi connectivity index (χ2n) is 9.98. The molecule has 1 aliphatic carbocycles. The van der Waals surface area contributed by atoms with Crippen LogP contribution in [0.4, 0.5) is 5.82 Å². The average Bonchev–Trinajstić information content (AvgIpc) is 3.22. The quantitative estimate of drug-likeness (QED) is 0.618. The highest BCUT2D eigenvalue weighted by atomic mass is 35.5. The van der Waals surface area contributed by atoms with Crippen LogP contribution in [0, 0.1) is 11.3 Å². The Morgan fingerprint density at radius 3 is 2.70 bits per heavy atom. The number of fused-ring (bicyclic) bond motifs is 1. The smallest absolute Gasteiger partial charge is 0.250 e. The maximum Gasteiger partial charge on any atom is 0.250 e. The number of hydrogen-bond acceptors (Lipinski definition) is 4. The molecular weight excluding hydrogens is 442 g/mol. The molecule has 2 aliphatic rings. The van der Waals surface area contributed by atoms with Gasteiger partial charge in [0.25, 0.3) is 5.91 Å². The summed E-state index contributed by atoms with van der Waals surface area (Å²) in [7, 11) is 0. The monoisotopic (exact) mass is 471 g/mol. The number of nitrogens with one attached hydrogen (secondary N) is 2. The number of amides is 3. The lowest BCUT2D eigenvalue weighted by Gasteiger charge is -2.28. The number of halogens is 1. The van der Waals surface area contributed by atoms with E-state index in [1.54, 1.807) is 12.1 Å². The SMILES string of the molecule is CC(=O)NC1CCCC(C(=O)Nc2cc(-c3cc(C(N)=O)c4n3CC(C)(C)C4)c(Cl)cn2)C1. The third-order valence-electron chi connectivity index (χ3n) is 6.54. The van der Waals surface area contributed by atoms with Crippen LogP contribution in [0.25, 0.3) is 11.3 Å². The Balaban J connectivity index is 1.59. The van der Waals surface area contributed by atoms with Gasteiger partial charge in [0.2, 0.25) is 11.8 Å². The average molecular weight is 472 g/mol. The van der Waals surface area contributed by atoms with Crippen molar-refractivity contribution >= 4 is 35.1 Å². The zero-order valence-corrected chi connectivity index (χ0v) is 20.0. The van der Waals surface area contributed by atoms with E-state index in [1.807, 2.05) is 0 Å². The summed E-state index contributed by atoms with van der Waals surface area (Å²) in [5.41, 5.74) is 8.53. The summed E-state index contributed by atoms with van der Waals surface area (Å²) in [4.78, 5) is 40.7. The lowest BCUT2D eigenvalue weighted by atomic mass is 9.85. The van der Waals surface area contributed by atoms with Crippen LogP contribution in [-0.2, 0) is 22.6 Å². The molecule has 3 amide bonds. The molecule has 0 bridgehead atoms. The molecule has 9 heteroatoms. The third kappa shape index (κ3) is 4.90. The minimum Gasteiger partial charge on any atom is -0.366 e. The highest BCUT2D eigenvalue weighted by molar-refractivity contribution is 6.33. The van der Waals surface area contributed by atoms with E-state index in [9.17, 15) is 14.4 Å². The van der Waals surface area contributed by atoms with Crippen LogP contribution < -0.4 is 16.4 Å². The third-order valence-corrected chi connectivity index (χ3v) is 6.84. The number of pyridine rings is 1. The van der Waals surface area contributed by atoms with Gasteiger partial charge in [0.05, 0.1) is 16.3 Å². The Kier molecular flexibility index (Phi) is 6.22. The summed E-state index contributed by atoms with van der Waals surface area (Å²) in [6, 6.07) is 3.53. The molecule has 0 aromatic carbocycles. The number of carbonyl (C=O) groups is 3. The van der Waals surface area contributed by atoms with Crippen molar-refractivity contribution in [2.45, 2.75) is 65.5 Å². The van der Waals surface area contributed by atoms with Crippen LogP contribution in [0.2, 0.25) is 5.02 Å². The summed E-state index contributed by atoms with van der Waals surface area (Å²) in [5.74, 6) is -0.466. The summed E-state index contributed by atoms with van der Waals surface area (Å²) in [6.45, 7) is 6.52. The number of carbonyl (C=O) groups excluding carboxylic acids is 3. The van der Waals surface area contributed by atoms with E-state index >= 15 is 0 Å². The van der Waals surface area contributed by atoms with E-state index in [1.165, 1.54) is 13.1 Å². The molecule has 3 heterocycles. The first-order valence-electron chi connectivity index (χ1n) is 11.3. The van der Waals surface area contributed by atoms with Crippen molar-refractivity contribution in [1.82, 2.24) is 14.9 Å². The fourth-order valence-corrected chi connectivity index (χ4v) is 5.31. The molecule has 0 spiro atoms. The maximum absolute atomic E-state index is 12.9. The zero-order chi connectivity index (χ0) is 23.9. The number of hydrogen-bond donors (Lipinski definition) is 3. The Bertz CT molecular complexity index is 1120. The summed E-state index contributed by atoms with van der Waals surface area (Å²) < 4.78 is 2.09. The Hall–Kier alpha value is -2.87. The van der Waals surface area contributed by atoms with Crippen LogP contribution in [0.15, 0.2) is 18.3 Å². The largest absolute Gasteiger partial charge is 0.366 e. The first-order valence-corrected chi connectivity index (χ1v) is 11.7. The second kappa shape index (κ2) is 8.82.